The van der Waals surface area contributed by atoms with E-state index >= 15 is 0 Å². The Balaban J connectivity index is 0.831. The van der Waals surface area contributed by atoms with Gasteiger partial charge in [-0.3, -0.25) is 0 Å². The molecular formula is C77H58N4. The van der Waals surface area contributed by atoms with Crippen molar-refractivity contribution in [1.29, 1.82) is 0 Å². The van der Waals surface area contributed by atoms with Crippen LogP contribution in [0.3, 0.4) is 0 Å². The molecule has 0 atom stereocenters. The first-order valence-electron chi connectivity index (χ1n) is 28.7. The van der Waals surface area contributed by atoms with Crippen LogP contribution >= 0.6 is 0 Å². The number of hydrogen-bond donors (Lipinski definition) is 0. The van der Waals surface area contributed by atoms with Crippen molar-refractivity contribution in [3.05, 3.63) is 307 Å². The van der Waals surface area contributed by atoms with E-state index in [9.17, 15) is 0 Å². The molecule has 15 aromatic rings. The van der Waals surface area contributed by atoms with Gasteiger partial charge in [-0.05, 0) is 169 Å². The molecule has 0 aliphatic heterocycles. The lowest BCUT2D eigenvalue weighted by atomic mass is 9.68. The zero-order valence-electron chi connectivity index (χ0n) is 45.1. The van der Waals surface area contributed by atoms with Crippen LogP contribution in [0.5, 0.6) is 0 Å². The summed E-state index contributed by atoms with van der Waals surface area (Å²) in [6.45, 7) is 0. The molecule has 0 saturated heterocycles. The van der Waals surface area contributed by atoms with Crippen LogP contribution in [-0.4, -0.2) is 18.3 Å². The van der Waals surface area contributed by atoms with E-state index < -0.39 is 0 Å². The third-order valence-electron chi connectivity index (χ3n) is 17.7. The second kappa shape index (κ2) is 19.2. The van der Waals surface area contributed by atoms with Crippen LogP contribution in [0.25, 0.3) is 105 Å². The lowest BCUT2D eigenvalue weighted by Crippen LogP contribution is -2.32. The highest BCUT2D eigenvalue weighted by molar-refractivity contribution is 6.11. The molecule has 0 fully saturated rings. The summed E-state index contributed by atoms with van der Waals surface area (Å²) in [5.41, 5.74) is 21.2. The normalized spacial score (nSPS) is 12.7. The van der Waals surface area contributed by atoms with E-state index in [0.29, 0.717) is 0 Å². The molecule has 0 amide bonds. The first-order valence-corrected chi connectivity index (χ1v) is 28.7. The summed E-state index contributed by atoms with van der Waals surface area (Å²) < 4.78 is 9.78. The summed E-state index contributed by atoms with van der Waals surface area (Å²) in [6.07, 6.45) is 10.3. The Hall–Kier alpha value is -9.90. The molecule has 0 spiro atoms. The molecule has 11 aromatic carbocycles. The van der Waals surface area contributed by atoms with Gasteiger partial charge in [-0.15, -0.1) is 0 Å². The fourth-order valence-corrected chi connectivity index (χ4v) is 14.2. The first kappa shape index (κ1) is 47.1. The van der Waals surface area contributed by atoms with Crippen molar-refractivity contribution in [3.8, 4) is 22.7 Å². The maximum atomic E-state index is 2.48. The molecule has 386 valence electrons. The maximum absolute atomic E-state index is 2.48. The van der Waals surface area contributed by atoms with Gasteiger partial charge in [0.05, 0.1) is 38.6 Å². The number of benzene rings is 11. The van der Waals surface area contributed by atoms with Gasteiger partial charge in [-0.25, -0.2) is 0 Å². The predicted octanol–water partition coefficient (Wildman–Crippen LogP) is 19.1. The van der Waals surface area contributed by atoms with Gasteiger partial charge in [0.1, 0.15) is 0 Å². The molecule has 81 heavy (non-hydrogen) atoms. The van der Waals surface area contributed by atoms with E-state index in [1.165, 1.54) is 133 Å². The Morgan fingerprint density at radius 1 is 0.259 bits per heavy atom. The summed E-state index contributed by atoms with van der Waals surface area (Å²) in [5.74, 6) is 0. The van der Waals surface area contributed by atoms with Gasteiger partial charge in [-0.1, -0.05) is 182 Å². The van der Waals surface area contributed by atoms with E-state index in [0.717, 1.165) is 38.5 Å². The van der Waals surface area contributed by atoms with Crippen LogP contribution in [0.1, 0.15) is 39.9 Å². The minimum atomic E-state index is -0.235. The third-order valence-corrected chi connectivity index (χ3v) is 17.7. The SMILES string of the molecule is C1=Cc2c(c3ccccc3n2-c2ccc(CC(Cc3ccc(-n4c5ccccc5c5ccccc54)cc3)(Cc3ccc(-n4c5ccccc5c5ccccc54)cc3)Cc3ccc(-n4c5ccccc5c5ccccc54)cc3)cc2)CC1. The van der Waals surface area contributed by atoms with Crippen LogP contribution in [0.15, 0.2) is 273 Å². The van der Waals surface area contributed by atoms with Gasteiger partial charge in [0.15, 0.2) is 0 Å². The standard InChI is InChI=1S/C77H58N4/c1-9-25-69-61(17-1)62-18-2-10-26-70(62)78(69)57-41-33-53(34-42-57)49-77(50-54-35-43-58(44-36-54)79-71-27-11-3-19-63(71)64-20-4-12-28-72(64)79,51-55-37-45-59(46-38-55)80-73-29-13-5-21-65(73)66-22-6-14-30-74(66)80)52-56-39-47-60(48-40-56)81-75-31-15-7-23-67(75)68-24-8-16-32-76(68)81/h1-7,9-23,25-48H,8,24,49-52H2. The van der Waals surface area contributed by atoms with E-state index in [1.807, 2.05) is 0 Å². The quantitative estimate of drug-likeness (QED) is 0.116. The van der Waals surface area contributed by atoms with Crippen molar-refractivity contribution in [2.75, 3.05) is 0 Å². The lowest BCUT2D eigenvalue weighted by molar-refractivity contribution is 0.275. The monoisotopic (exact) mass is 1040 g/mol. The van der Waals surface area contributed by atoms with Crippen LogP contribution in [0.4, 0.5) is 0 Å². The van der Waals surface area contributed by atoms with E-state index in [2.05, 4.69) is 297 Å². The fraction of sp³-hybridized carbons (Fsp3) is 0.0909. The zero-order valence-corrected chi connectivity index (χ0v) is 45.1. The highest BCUT2D eigenvalue weighted by atomic mass is 15.0. The Morgan fingerprint density at radius 2 is 0.506 bits per heavy atom. The largest absolute Gasteiger partial charge is 0.310 e. The molecule has 1 aliphatic carbocycles. The summed E-state index contributed by atoms with van der Waals surface area (Å²) in [6, 6.07) is 99.9. The molecular weight excluding hydrogens is 981 g/mol. The van der Waals surface area contributed by atoms with Gasteiger partial charge in [0.2, 0.25) is 0 Å². The van der Waals surface area contributed by atoms with Crippen LogP contribution < -0.4 is 0 Å². The van der Waals surface area contributed by atoms with Gasteiger partial charge >= 0.3 is 0 Å². The van der Waals surface area contributed by atoms with Crippen LogP contribution in [0.2, 0.25) is 0 Å². The van der Waals surface area contributed by atoms with Gasteiger partial charge < -0.3 is 18.3 Å². The molecule has 0 radical (unpaired) electrons. The number of rotatable bonds is 12. The zero-order chi connectivity index (χ0) is 53.4. The minimum Gasteiger partial charge on any atom is -0.310 e. The molecule has 0 unspecified atom stereocenters. The van der Waals surface area contributed by atoms with E-state index in [1.54, 1.807) is 0 Å². The third kappa shape index (κ3) is 7.96. The Bertz CT molecular complexity index is 4360. The average molecular weight is 1040 g/mol. The Labute approximate surface area is 471 Å². The number of nitrogens with zero attached hydrogens (tertiary/aromatic N) is 4. The van der Waals surface area contributed by atoms with Crippen molar-refractivity contribution in [2.24, 2.45) is 5.41 Å². The van der Waals surface area contributed by atoms with Gasteiger partial charge in [0.25, 0.3) is 0 Å². The summed E-state index contributed by atoms with van der Waals surface area (Å²) >= 11 is 0. The van der Waals surface area contributed by atoms with Crippen molar-refractivity contribution in [2.45, 2.75) is 38.5 Å². The van der Waals surface area contributed by atoms with Gasteiger partial charge in [-0.2, -0.15) is 0 Å². The van der Waals surface area contributed by atoms with Gasteiger partial charge in [0, 0.05) is 66.1 Å². The second-order valence-corrected chi connectivity index (χ2v) is 22.6. The van der Waals surface area contributed by atoms with Crippen LogP contribution in [-0.2, 0) is 32.1 Å². The number of aryl methyl sites for hydroxylation is 1. The predicted molar refractivity (Wildman–Crippen MR) is 340 cm³/mol. The molecule has 16 rings (SSSR count). The smallest absolute Gasteiger partial charge is 0.0541 e. The summed E-state index contributed by atoms with van der Waals surface area (Å²) in [5, 5.41) is 9.01. The Kier molecular flexibility index (Phi) is 11.2. The number of aromatic nitrogens is 4. The number of allylic oxidation sites excluding steroid dienone is 1. The van der Waals surface area contributed by atoms with Crippen LogP contribution in [0, 0.1) is 5.41 Å². The number of para-hydroxylation sites is 7. The topological polar surface area (TPSA) is 19.7 Å². The molecule has 4 heterocycles. The second-order valence-electron chi connectivity index (χ2n) is 22.6. The molecule has 4 nitrogen and oxygen atoms in total. The minimum absolute atomic E-state index is 0.235. The van der Waals surface area contributed by atoms with E-state index in [4.69, 9.17) is 0 Å². The molecule has 4 heteroatoms. The van der Waals surface area contributed by atoms with Crippen molar-refractivity contribution < 1.29 is 0 Å². The van der Waals surface area contributed by atoms with E-state index in [-0.39, 0.29) is 5.41 Å². The summed E-state index contributed by atoms with van der Waals surface area (Å²) in [7, 11) is 0. The number of fused-ring (bicyclic) bond motifs is 12. The highest BCUT2D eigenvalue weighted by Crippen LogP contribution is 2.41. The molecule has 1 aliphatic rings. The molecule has 4 aromatic heterocycles. The molecule has 0 saturated carbocycles. The summed E-state index contributed by atoms with van der Waals surface area (Å²) in [4.78, 5) is 0. The molecule has 0 bridgehead atoms. The van der Waals surface area contributed by atoms with Crippen molar-refractivity contribution >= 4 is 82.4 Å². The molecule has 0 N–H and O–H groups in total. The van der Waals surface area contributed by atoms with Crippen molar-refractivity contribution in [1.82, 2.24) is 18.3 Å². The lowest BCUT2D eigenvalue weighted by Gasteiger charge is -2.36. The average Bonchev–Trinajstić information content (AvgIpc) is 4.38. The highest BCUT2D eigenvalue weighted by Gasteiger charge is 2.33. The number of hydrogen-bond acceptors (Lipinski definition) is 0. The fourth-order valence-electron chi connectivity index (χ4n) is 14.2. The Morgan fingerprint density at radius 3 is 0.802 bits per heavy atom. The first-order chi connectivity index (χ1) is 40.1. The van der Waals surface area contributed by atoms with Crippen molar-refractivity contribution in [3.63, 3.8) is 0 Å². The maximum Gasteiger partial charge on any atom is 0.0541 e.